The highest BCUT2D eigenvalue weighted by molar-refractivity contribution is 9.10. The van der Waals surface area contributed by atoms with E-state index >= 15 is 0 Å². The molecule has 1 fully saturated rings. The van der Waals surface area contributed by atoms with E-state index in [0.29, 0.717) is 28.7 Å². The molecule has 1 unspecified atom stereocenters. The van der Waals surface area contributed by atoms with Gasteiger partial charge in [0.05, 0.1) is 28.8 Å². The van der Waals surface area contributed by atoms with Crippen molar-refractivity contribution in [2.75, 3.05) is 24.4 Å². The maximum atomic E-state index is 12.4. The lowest BCUT2D eigenvalue weighted by Gasteiger charge is -2.08. The number of methoxy groups -OCH3 is 1. The Balaban J connectivity index is 1.67. The van der Waals surface area contributed by atoms with Gasteiger partial charge in [0.1, 0.15) is 11.6 Å². The molecule has 2 heterocycles. The van der Waals surface area contributed by atoms with Crippen LogP contribution in [0, 0.1) is 0 Å². The SMILES string of the molecule is COc1ccc(C(=O)CSc2nnc(C3CCS(=O)(=O)C3)n2C)cc1Br. The Morgan fingerprint density at radius 1 is 1.42 bits per heavy atom. The highest BCUT2D eigenvalue weighted by atomic mass is 79.9. The summed E-state index contributed by atoms with van der Waals surface area (Å²) in [6.07, 6.45) is 0.567. The van der Waals surface area contributed by atoms with Crippen LogP contribution in [-0.4, -0.2) is 53.3 Å². The second-order valence-electron chi connectivity index (χ2n) is 6.06. The Morgan fingerprint density at radius 2 is 2.19 bits per heavy atom. The first-order valence-electron chi connectivity index (χ1n) is 7.90. The van der Waals surface area contributed by atoms with E-state index in [-0.39, 0.29) is 29.0 Å². The molecule has 7 nitrogen and oxygen atoms in total. The van der Waals surface area contributed by atoms with Crippen LogP contribution in [0.1, 0.15) is 28.5 Å². The molecule has 1 aromatic heterocycles. The van der Waals surface area contributed by atoms with Crippen LogP contribution >= 0.6 is 27.7 Å². The molecule has 1 aromatic carbocycles. The first kappa shape index (κ1) is 19.4. The number of carbonyl (C=O) groups is 1. The fourth-order valence-electron chi connectivity index (χ4n) is 2.86. The van der Waals surface area contributed by atoms with Gasteiger partial charge in [-0.05, 0) is 40.5 Å². The molecule has 1 saturated heterocycles. The Hall–Kier alpha value is -1.39. The van der Waals surface area contributed by atoms with Crippen molar-refractivity contribution in [1.82, 2.24) is 14.8 Å². The molecule has 1 aliphatic rings. The Morgan fingerprint density at radius 3 is 2.81 bits per heavy atom. The molecule has 0 spiro atoms. The lowest BCUT2D eigenvalue weighted by Crippen LogP contribution is -2.09. The third-order valence-corrected chi connectivity index (χ3v) is 7.68. The van der Waals surface area contributed by atoms with Crippen LogP contribution < -0.4 is 4.74 Å². The quantitative estimate of drug-likeness (QED) is 0.483. The van der Waals surface area contributed by atoms with E-state index in [1.165, 1.54) is 11.8 Å². The van der Waals surface area contributed by atoms with Crippen LogP contribution in [-0.2, 0) is 16.9 Å². The summed E-state index contributed by atoms with van der Waals surface area (Å²) >= 11 is 4.66. The average Bonchev–Trinajstić information content (AvgIpc) is 3.14. The van der Waals surface area contributed by atoms with Gasteiger partial charge in [-0.2, -0.15) is 0 Å². The molecule has 0 radical (unpaired) electrons. The van der Waals surface area contributed by atoms with Gasteiger partial charge in [0.2, 0.25) is 0 Å². The summed E-state index contributed by atoms with van der Waals surface area (Å²) in [4.78, 5) is 12.4. The number of Topliss-reactive ketones (excluding diaryl/α,β-unsaturated/α-hetero) is 1. The molecule has 2 aromatic rings. The van der Waals surface area contributed by atoms with E-state index < -0.39 is 9.84 Å². The van der Waals surface area contributed by atoms with E-state index in [1.807, 2.05) is 0 Å². The summed E-state index contributed by atoms with van der Waals surface area (Å²) in [5.41, 5.74) is 0.578. The molecule has 1 atom stereocenters. The van der Waals surface area contributed by atoms with E-state index in [1.54, 1.807) is 36.9 Å². The largest absolute Gasteiger partial charge is 0.496 e. The maximum absolute atomic E-state index is 12.4. The molecular formula is C16H18BrN3O4S2. The molecule has 10 heteroatoms. The number of ketones is 1. The van der Waals surface area contributed by atoms with Crippen molar-refractivity contribution >= 4 is 43.3 Å². The lowest BCUT2D eigenvalue weighted by molar-refractivity contribution is 0.102. The number of carbonyl (C=O) groups excluding carboxylic acids is 1. The van der Waals surface area contributed by atoms with Crippen LogP contribution in [0.5, 0.6) is 5.75 Å². The first-order chi connectivity index (χ1) is 12.3. The van der Waals surface area contributed by atoms with Gasteiger partial charge in [0.25, 0.3) is 0 Å². The average molecular weight is 460 g/mol. The normalized spacial score (nSPS) is 18.8. The van der Waals surface area contributed by atoms with E-state index in [0.717, 1.165) is 4.47 Å². The van der Waals surface area contributed by atoms with Crippen molar-refractivity contribution in [3.63, 3.8) is 0 Å². The smallest absolute Gasteiger partial charge is 0.191 e. The van der Waals surface area contributed by atoms with Crippen molar-refractivity contribution < 1.29 is 17.9 Å². The minimum Gasteiger partial charge on any atom is -0.496 e. The van der Waals surface area contributed by atoms with Gasteiger partial charge >= 0.3 is 0 Å². The summed E-state index contributed by atoms with van der Waals surface area (Å²) in [5.74, 6) is 1.69. The third kappa shape index (κ3) is 4.12. The Bertz CT molecular complexity index is 943. The number of sulfone groups is 1. The van der Waals surface area contributed by atoms with Crippen LogP contribution in [0.3, 0.4) is 0 Å². The van der Waals surface area contributed by atoms with Crippen molar-refractivity contribution in [1.29, 1.82) is 0 Å². The topological polar surface area (TPSA) is 91.2 Å². The highest BCUT2D eigenvalue weighted by Gasteiger charge is 2.32. The zero-order chi connectivity index (χ0) is 18.9. The fraction of sp³-hybridized carbons (Fsp3) is 0.438. The molecule has 0 amide bonds. The van der Waals surface area contributed by atoms with Crippen LogP contribution in [0.25, 0.3) is 0 Å². The minimum absolute atomic E-state index is 0.0358. The second-order valence-corrected chi connectivity index (χ2v) is 10.1. The molecular weight excluding hydrogens is 442 g/mol. The zero-order valence-electron chi connectivity index (χ0n) is 14.3. The van der Waals surface area contributed by atoms with Gasteiger partial charge in [-0.3, -0.25) is 4.79 Å². The number of hydrogen-bond donors (Lipinski definition) is 0. The maximum Gasteiger partial charge on any atom is 0.191 e. The molecule has 0 bridgehead atoms. The third-order valence-electron chi connectivity index (χ3n) is 4.27. The molecule has 3 rings (SSSR count). The standard InChI is InChI=1S/C16H18BrN3O4S2/c1-20-15(11-5-6-26(22,23)9-11)18-19-16(20)25-8-13(21)10-3-4-14(24-2)12(17)7-10/h3-4,7,11H,5-6,8-9H2,1-2H3. The summed E-state index contributed by atoms with van der Waals surface area (Å²) in [5, 5.41) is 8.86. The van der Waals surface area contributed by atoms with E-state index in [9.17, 15) is 13.2 Å². The summed E-state index contributed by atoms with van der Waals surface area (Å²) in [6, 6.07) is 5.19. The first-order valence-corrected chi connectivity index (χ1v) is 11.5. The minimum atomic E-state index is -2.98. The summed E-state index contributed by atoms with van der Waals surface area (Å²) < 4.78 is 31.0. The summed E-state index contributed by atoms with van der Waals surface area (Å²) in [6.45, 7) is 0. The summed E-state index contributed by atoms with van der Waals surface area (Å²) in [7, 11) is 0.391. The predicted molar refractivity (Wildman–Crippen MR) is 103 cm³/mol. The van der Waals surface area contributed by atoms with Crippen LogP contribution in [0.2, 0.25) is 0 Å². The molecule has 140 valence electrons. The Kier molecular flexibility index (Phi) is 5.73. The van der Waals surface area contributed by atoms with E-state index in [2.05, 4.69) is 26.1 Å². The van der Waals surface area contributed by atoms with Gasteiger partial charge in [-0.15, -0.1) is 10.2 Å². The predicted octanol–water partition coefficient (Wildman–Crippen LogP) is 2.46. The Labute approximate surface area is 164 Å². The van der Waals surface area contributed by atoms with Crippen molar-refractivity contribution in [2.24, 2.45) is 7.05 Å². The van der Waals surface area contributed by atoms with E-state index in [4.69, 9.17) is 4.74 Å². The molecule has 1 aliphatic heterocycles. The molecule has 0 N–H and O–H groups in total. The number of halogens is 1. The number of aromatic nitrogens is 3. The van der Waals surface area contributed by atoms with Crippen molar-refractivity contribution in [3.05, 3.63) is 34.1 Å². The van der Waals surface area contributed by atoms with Gasteiger partial charge in [-0.25, -0.2) is 8.42 Å². The second kappa shape index (κ2) is 7.69. The van der Waals surface area contributed by atoms with Crippen molar-refractivity contribution in [3.8, 4) is 5.75 Å². The number of hydrogen-bond acceptors (Lipinski definition) is 7. The van der Waals surface area contributed by atoms with Gasteiger partial charge < -0.3 is 9.30 Å². The van der Waals surface area contributed by atoms with Gasteiger partial charge in [-0.1, -0.05) is 11.8 Å². The highest BCUT2D eigenvalue weighted by Crippen LogP contribution is 2.30. The number of nitrogens with zero attached hydrogens (tertiary/aromatic N) is 3. The number of benzene rings is 1. The van der Waals surface area contributed by atoms with Gasteiger partial charge in [0, 0.05) is 18.5 Å². The van der Waals surface area contributed by atoms with Crippen LogP contribution in [0.15, 0.2) is 27.8 Å². The fourth-order valence-corrected chi connectivity index (χ4v) is 5.95. The molecule has 0 aliphatic carbocycles. The van der Waals surface area contributed by atoms with Crippen LogP contribution in [0.4, 0.5) is 0 Å². The van der Waals surface area contributed by atoms with Gasteiger partial charge in [0.15, 0.2) is 20.8 Å². The monoisotopic (exact) mass is 459 g/mol. The zero-order valence-corrected chi connectivity index (χ0v) is 17.5. The molecule has 0 saturated carbocycles. The number of rotatable bonds is 6. The number of thioether (sulfide) groups is 1. The van der Waals surface area contributed by atoms with Crippen molar-refractivity contribution in [2.45, 2.75) is 17.5 Å². The molecule has 26 heavy (non-hydrogen) atoms. The number of ether oxygens (including phenoxy) is 1. The lowest BCUT2D eigenvalue weighted by atomic mass is 10.1.